The third-order valence-electron chi connectivity index (χ3n) is 13.0. The Kier molecular flexibility index (Phi) is 21.0. The summed E-state index contributed by atoms with van der Waals surface area (Å²) in [5.41, 5.74) is 2.28. The molecule has 1 aromatic rings. The van der Waals surface area contributed by atoms with E-state index in [2.05, 4.69) is 50.0 Å². The number of likely N-dealkylation sites (tertiary alicyclic amines) is 1. The number of carbonyl (C=O) groups excluding carboxylic acids is 3. The molecule has 0 aromatic heterocycles. The average molecular weight is 836 g/mol. The molecule has 10 nitrogen and oxygen atoms in total. The van der Waals surface area contributed by atoms with Gasteiger partial charge in [0.05, 0.1) is 32.7 Å². The molecule has 0 spiro atoms. The number of rotatable bonds is 28. The van der Waals surface area contributed by atoms with E-state index in [9.17, 15) is 14.4 Å². The fourth-order valence-corrected chi connectivity index (χ4v) is 10.4. The Morgan fingerprint density at radius 3 is 1.80 bits per heavy atom. The van der Waals surface area contributed by atoms with Gasteiger partial charge >= 0.3 is 18.1 Å². The highest BCUT2D eigenvalue weighted by Crippen LogP contribution is 2.61. The van der Waals surface area contributed by atoms with Crippen LogP contribution in [0.4, 0.5) is 4.79 Å². The topological polar surface area (TPSA) is 110 Å². The first-order valence-electron chi connectivity index (χ1n) is 23.7. The lowest BCUT2D eigenvalue weighted by molar-refractivity contribution is -0.158. The highest BCUT2D eigenvalue weighted by molar-refractivity contribution is 5.70. The molecule has 0 radical (unpaired) electrons. The minimum absolute atomic E-state index is 0.0153. The lowest BCUT2D eigenvalue weighted by Crippen LogP contribution is -2.47. The lowest BCUT2D eigenvalue weighted by atomic mass is 9.49. The highest BCUT2D eigenvalue weighted by atomic mass is 16.7. The van der Waals surface area contributed by atoms with E-state index < -0.39 is 12.4 Å². The van der Waals surface area contributed by atoms with E-state index >= 15 is 0 Å². The van der Waals surface area contributed by atoms with Crippen LogP contribution in [-0.4, -0.2) is 68.7 Å². The van der Waals surface area contributed by atoms with Gasteiger partial charge < -0.3 is 33.3 Å². The first-order valence-corrected chi connectivity index (χ1v) is 23.7. The third-order valence-corrected chi connectivity index (χ3v) is 13.0. The molecule has 10 heteroatoms. The van der Waals surface area contributed by atoms with Crippen molar-refractivity contribution in [1.82, 2.24) is 4.90 Å². The van der Waals surface area contributed by atoms with Gasteiger partial charge in [-0.05, 0) is 148 Å². The van der Waals surface area contributed by atoms with Crippen LogP contribution >= 0.6 is 0 Å². The van der Waals surface area contributed by atoms with Gasteiger partial charge in [-0.15, -0.1) is 0 Å². The maximum absolute atomic E-state index is 13.3. The summed E-state index contributed by atoms with van der Waals surface area (Å²) in [6, 6.07) is 5.64. The number of carbonyl (C=O) groups is 3. The SMILES string of the molecule is CCCC/C=C\CCOC(CCC(=O)OCc1cc(COC(=O)CC23CC4CC(CC(C4)C2)C3)cc(COC(=O)OCC2CCCN(CC)C2)c1)OCC/C=C\CCCC. The number of nitrogens with zero attached hydrogens (tertiary/aromatic N) is 1. The highest BCUT2D eigenvalue weighted by Gasteiger charge is 2.51. The number of esters is 2. The second kappa shape index (κ2) is 26.3. The molecule has 1 aromatic carbocycles. The molecule has 5 aliphatic rings. The fraction of sp³-hybridized carbons (Fsp3) is 0.740. The summed E-state index contributed by atoms with van der Waals surface area (Å²) in [6.45, 7) is 11.0. The van der Waals surface area contributed by atoms with Crippen molar-refractivity contribution >= 4 is 18.1 Å². The summed E-state index contributed by atoms with van der Waals surface area (Å²) in [7, 11) is 0. The quantitative estimate of drug-likeness (QED) is 0.0266. The van der Waals surface area contributed by atoms with Crippen molar-refractivity contribution in [2.45, 2.75) is 169 Å². The number of hydrogen-bond acceptors (Lipinski definition) is 10. The van der Waals surface area contributed by atoms with Crippen molar-refractivity contribution in [2.24, 2.45) is 29.1 Å². The van der Waals surface area contributed by atoms with Gasteiger partial charge in [0.15, 0.2) is 6.29 Å². The summed E-state index contributed by atoms with van der Waals surface area (Å²) >= 11 is 0. The third kappa shape index (κ3) is 17.3. The smallest absolute Gasteiger partial charge is 0.461 e. The van der Waals surface area contributed by atoms with E-state index in [1.54, 1.807) is 0 Å². The van der Waals surface area contributed by atoms with E-state index in [0.29, 0.717) is 44.1 Å². The monoisotopic (exact) mass is 836 g/mol. The summed E-state index contributed by atoms with van der Waals surface area (Å²) in [6.07, 6.45) is 26.5. The minimum Gasteiger partial charge on any atom is -0.461 e. The molecule has 0 amide bonds. The maximum Gasteiger partial charge on any atom is 0.508 e. The number of benzene rings is 1. The zero-order valence-electron chi connectivity index (χ0n) is 37.3. The van der Waals surface area contributed by atoms with Crippen molar-refractivity contribution < 1.29 is 42.8 Å². The molecule has 6 rings (SSSR count). The average Bonchev–Trinajstić information content (AvgIpc) is 3.23. The fourth-order valence-electron chi connectivity index (χ4n) is 10.4. The van der Waals surface area contributed by atoms with Gasteiger partial charge in [-0.25, -0.2) is 4.79 Å². The van der Waals surface area contributed by atoms with Crippen LogP contribution in [0.3, 0.4) is 0 Å². The molecule has 1 aliphatic heterocycles. The Balaban J connectivity index is 1.13. The Hall–Kier alpha value is -3.21. The molecule has 5 fully saturated rings. The van der Waals surface area contributed by atoms with E-state index in [-0.39, 0.29) is 43.6 Å². The van der Waals surface area contributed by atoms with Crippen LogP contribution in [0.15, 0.2) is 42.5 Å². The van der Waals surface area contributed by atoms with Crippen molar-refractivity contribution in [3.05, 3.63) is 59.2 Å². The molecular formula is C50H77NO9. The minimum atomic E-state index is -0.706. The van der Waals surface area contributed by atoms with Crippen LogP contribution in [0.25, 0.3) is 0 Å². The predicted octanol–water partition coefficient (Wildman–Crippen LogP) is 11.2. The van der Waals surface area contributed by atoms with Gasteiger partial charge in [-0.2, -0.15) is 0 Å². The number of piperidine rings is 1. The van der Waals surface area contributed by atoms with Crippen molar-refractivity contribution in [3.8, 4) is 0 Å². The van der Waals surface area contributed by atoms with E-state index in [1.165, 1.54) is 44.9 Å². The van der Waals surface area contributed by atoms with Gasteiger partial charge in [-0.3, -0.25) is 9.59 Å². The van der Waals surface area contributed by atoms with Gasteiger partial charge in [0, 0.05) is 18.9 Å². The number of allylic oxidation sites excluding steroid dienone is 2. The molecule has 60 heavy (non-hydrogen) atoms. The molecule has 4 bridgehead atoms. The predicted molar refractivity (Wildman–Crippen MR) is 234 cm³/mol. The van der Waals surface area contributed by atoms with Crippen LogP contribution in [-0.2, 0) is 57.8 Å². The van der Waals surface area contributed by atoms with Crippen molar-refractivity contribution in [1.29, 1.82) is 0 Å². The molecule has 336 valence electrons. The van der Waals surface area contributed by atoms with Crippen LogP contribution in [0.1, 0.15) is 159 Å². The van der Waals surface area contributed by atoms with Gasteiger partial charge in [-0.1, -0.05) is 70.8 Å². The molecular weight excluding hydrogens is 759 g/mol. The van der Waals surface area contributed by atoms with Crippen LogP contribution in [0.2, 0.25) is 0 Å². The molecule has 1 unspecified atom stereocenters. The molecule has 4 aliphatic carbocycles. The van der Waals surface area contributed by atoms with Gasteiger partial charge in [0.25, 0.3) is 0 Å². The second-order valence-electron chi connectivity index (χ2n) is 18.3. The van der Waals surface area contributed by atoms with E-state index in [4.69, 9.17) is 28.4 Å². The summed E-state index contributed by atoms with van der Waals surface area (Å²) in [4.78, 5) is 41.5. The molecule has 1 heterocycles. The lowest BCUT2D eigenvalue weighted by Gasteiger charge is -2.56. The molecule has 1 saturated heterocycles. The zero-order valence-corrected chi connectivity index (χ0v) is 37.3. The Bertz CT molecular complexity index is 1450. The van der Waals surface area contributed by atoms with Crippen molar-refractivity contribution in [3.63, 3.8) is 0 Å². The molecule has 4 saturated carbocycles. The summed E-state index contributed by atoms with van der Waals surface area (Å²) in [5, 5.41) is 0. The first-order chi connectivity index (χ1) is 29.2. The van der Waals surface area contributed by atoms with Crippen LogP contribution in [0.5, 0.6) is 0 Å². The largest absolute Gasteiger partial charge is 0.508 e. The Labute approximate surface area is 361 Å². The van der Waals surface area contributed by atoms with E-state index in [1.807, 2.05) is 18.2 Å². The van der Waals surface area contributed by atoms with Gasteiger partial charge in [0.1, 0.15) is 19.8 Å². The zero-order chi connectivity index (χ0) is 42.4. The Morgan fingerprint density at radius 1 is 0.717 bits per heavy atom. The number of unbranched alkanes of at least 4 members (excludes halogenated alkanes) is 4. The number of hydrogen-bond donors (Lipinski definition) is 0. The number of ether oxygens (including phenoxy) is 6. The Morgan fingerprint density at radius 2 is 1.25 bits per heavy atom. The molecule has 0 N–H and O–H groups in total. The second-order valence-corrected chi connectivity index (χ2v) is 18.3. The summed E-state index contributed by atoms with van der Waals surface area (Å²) < 4.78 is 34.9. The van der Waals surface area contributed by atoms with Crippen LogP contribution in [0, 0.1) is 29.1 Å². The molecule has 1 atom stereocenters. The van der Waals surface area contributed by atoms with Crippen molar-refractivity contribution in [2.75, 3.05) is 39.5 Å². The van der Waals surface area contributed by atoms with E-state index in [0.717, 1.165) is 106 Å². The normalized spacial score (nSPS) is 23.8. The first kappa shape index (κ1) is 47.8. The van der Waals surface area contributed by atoms with Crippen LogP contribution < -0.4 is 0 Å². The summed E-state index contributed by atoms with van der Waals surface area (Å²) in [5.74, 6) is 2.09. The maximum atomic E-state index is 13.3. The standard InChI is InChI=1S/C50H77NO9/c1-4-7-9-11-13-15-22-55-48(56-23-16-14-12-10-8-5-2)20-19-46(52)57-36-43-27-44(37-58-47(53)33-50-30-40-24-41(31-50)26-42(25-40)32-50)29-45(28-43)38-60-49(54)59-35-39-18-17-21-51(6-3)34-39/h11-14,27-29,39-42,48H,4-10,15-26,30-38H2,1-3H3/b13-11-,14-12-. The van der Waals surface area contributed by atoms with Gasteiger partial charge in [0.2, 0.25) is 0 Å².